The normalized spacial score (nSPS) is 11.7. The van der Waals surface area contributed by atoms with E-state index in [1.165, 1.54) is 13.0 Å². The van der Waals surface area contributed by atoms with Crippen LogP contribution in [0.2, 0.25) is 0 Å². The first-order valence-corrected chi connectivity index (χ1v) is 5.99. The van der Waals surface area contributed by atoms with Crippen LogP contribution in [0.15, 0.2) is 18.2 Å². The van der Waals surface area contributed by atoms with E-state index in [4.69, 9.17) is 10.5 Å². The largest absolute Gasteiger partial charge is 0.449 e. The topological polar surface area (TPSA) is 81.4 Å². The minimum absolute atomic E-state index is 0.0878. The molecule has 0 saturated carbocycles. The molecule has 19 heavy (non-hydrogen) atoms. The Kier molecular flexibility index (Phi) is 5.29. The Bertz CT molecular complexity index is 477. The molecule has 104 valence electrons. The second-order valence-electron chi connectivity index (χ2n) is 4.07. The van der Waals surface area contributed by atoms with Gasteiger partial charge in [0.05, 0.1) is 5.56 Å². The minimum Gasteiger partial charge on any atom is -0.449 e. The highest BCUT2D eigenvalue weighted by molar-refractivity contribution is 5.96. The maximum atomic E-state index is 13.0. The van der Waals surface area contributed by atoms with E-state index in [0.29, 0.717) is 6.54 Å². The third-order valence-corrected chi connectivity index (χ3v) is 2.44. The number of hydrogen-bond acceptors (Lipinski definition) is 4. The molecule has 0 saturated heterocycles. The van der Waals surface area contributed by atoms with E-state index >= 15 is 0 Å². The van der Waals surface area contributed by atoms with E-state index in [1.807, 2.05) is 6.92 Å². The van der Waals surface area contributed by atoms with Gasteiger partial charge in [0.2, 0.25) is 0 Å². The first kappa shape index (κ1) is 14.9. The number of halogens is 1. The Labute approximate surface area is 110 Å². The molecule has 0 radical (unpaired) electrons. The lowest BCUT2D eigenvalue weighted by atomic mass is 10.2. The van der Waals surface area contributed by atoms with Gasteiger partial charge in [0.25, 0.3) is 5.91 Å². The Balaban J connectivity index is 2.68. The number of esters is 1. The van der Waals surface area contributed by atoms with Gasteiger partial charge in [-0.3, -0.25) is 4.79 Å². The molecule has 1 atom stereocenters. The van der Waals surface area contributed by atoms with Gasteiger partial charge in [-0.25, -0.2) is 9.18 Å². The van der Waals surface area contributed by atoms with Crippen molar-refractivity contribution in [1.29, 1.82) is 0 Å². The van der Waals surface area contributed by atoms with Crippen LogP contribution in [0.5, 0.6) is 0 Å². The van der Waals surface area contributed by atoms with Crippen molar-refractivity contribution in [1.82, 2.24) is 5.32 Å². The van der Waals surface area contributed by atoms with Crippen molar-refractivity contribution < 1.29 is 18.7 Å². The zero-order valence-electron chi connectivity index (χ0n) is 10.9. The van der Waals surface area contributed by atoms with Gasteiger partial charge in [-0.1, -0.05) is 6.92 Å². The summed E-state index contributed by atoms with van der Waals surface area (Å²) in [5.41, 5.74) is 5.57. The molecule has 1 unspecified atom stereocenters. The smallest absolute Gasteiger partial charge is 0.341 e. The average Bonchev–Trinajstić information content (AvgIpc) is 2.38. The molecule has 0 aliphatic carbocycles. The average molecular weight is 268 g/mol. The molecule has 5 nitrogen and oxygen atoms in total. The van der Waals surface area contributed by atoms with E-state index < -0.39 is 23.8 Å². The molecule has 0 spiro atoms. The third kappa shape index (κ3) is 4.24. The number of anilines is 1. The van der Waals surface area contributed by atoms with E-state index in [9.17, 15) is 14.0 Å². The molecule has 1 aromatic rings. The van der Waals surface area contributed by atoms with Gasteiger partial charge in [-0.15, -0.1) is 0 Å². The summed E-state index contributed by atoms with van der Waals surface area (Å²) < 4.78 is 18.0. The van der Waals surface area contributed by atoms with Crippen molar-refractivity contribution >= 4 is 17.6 Å². The van der Waals surface area contributed by atoms with Crippen LogP contribution >= 0.6 is 0 Å². The van der Waals surface area contributed by atoms with Crippen molar-refractivity contribution in [2.75, 3.05) is 12.3 Å². The summed E-state index contributed by atoms with van der Waals surface area (Å²) in [5, 5.41) is 2.59. The molecule has 3 N–H and O–H groups in total. The van der Waals surface area contributed by atoms with E-state index in [0.717, 1.165) is 18.6 Å². The van der Waals surface area contributed by atoms with E-state index in [1.54, 1.807) is 0 Å². The van der Waals surface area contributed by atoms with Crippen LogP contribution in [0.4, 0.5) is 10.1 Å². The fourth-order valence-electron chi connectivity index (χ4n) is 1.37. The number of rotatable bonds is 5. The Morgan fingerprint density at radius 2 is 2.16 bits per heavy atom. The molecule has 0 aromatic heterocycles. The molecule has 0 heterocycles. The second-order valence-corrected chi connectivity index (χ2v) is 4.07. The van der Waals surface area contributed by atoms with Crippen molar-refractivity contribution in [3.05, 3.63) is 29.6 Å². The minimum atomic E-state index is -0.957. The number of carbonyl (C=O) groups excluding carboxylic acids is 2. The fraction of sp³-hybridized carbons (Fsp3) is 0.385. The van der Waals surface area contributed by atoms with Gasteiger partial charge in [-0.05, 0) is 31.5 Å². The highest BCUT2D eigenvalue weighted by atomic mass is 19.1. The van der Waals surface area contributed by atoms with Crippen LogP contribution < -0.4 is 11.1 Å². The van der Waals surface area contributed by atoms with Crippen LogP contribution in [0.1, 0.15) is 30.6 Å². The summed E-state index contributed by atoms with van der Waals surface area (Å²) in [6.07, 6.45) is -0.176. The van der Waals surface area contributed by atoms with Gasteiger partial charge >= 0.3 is 5.97 Å². The number of nitrogen functional groups attached to an aromatic ring is 1. The van der Waals surface area contributed by atoms with Crippen LogP contribution in [-0.4, -0.2) is 24.5 Å². The van der Waals surface area contributed by atoms with Gasteiger partial charge in [0.1, 0.15) is 5.82 Å². The zero-order valence-corrected chi connectivity index (χ0v) is 10.9. The molecule has 1 amide bonds. The Morgan fingerprint density at radius 3 is 2.79 bits per heavy atom. The molecule has 1 aromatic carbocycles. The molecule has 0 fully saturated rings. The Morgan fingerprint density at radius 1 is 1.47 bits per heavy atom. The summed E-state index contributed by atoms with van der Waals surface area (Å²) >= 11 is 0. The number of benzene rings is 1. The van der Waals surface area contributed by atoms with Crippen molar-refractivity contribution in [3.8, 4) is 0 Å². The summed E-state index contributed by atoms with van der Waals surface area (Å²) in [7, 11) is 0. The molecule has 6 heteroatoms. The number of carbonyl (C=O) groups is 2. The summed E-state index contributed by atoms with van der Waals surface area (Å²) in [5.74, 6) is -1.81. The predicted octanol–water partition coefficient (Wildman–Crippen LogP) is 1.48. The van der Waals surface area contributed by atoms with Crippen LogP contribution in [0.25, 0.3) is 0 Å². The molecule has 0 aliphatic rings. The summed E-state index contributed by atoms with van der Waals surface area (Å²) in [6.45, 7) is 3.85. The monoisotopic (exact) mass is 268 g/mol. The number of hydrogen-bond donors (Lipinski definition) is 2. The molecule has 1 rings (SSSR count). The van der Waals surface area contributed by atoms with Gasteiger partial charge in [0.15, 0.2) is 6.10 Å². The third-order valence-electron chi connectivity index (χ3n) is 2.44. The predicted molar refractivity (Wildman–Crippen MR) is 69.0 cm³/mol. The van der Waals surface area contributed by atoms with Gasteiger partial charge < -0.3 is 15.8 Å². The maximum absolute atomic E-state index is 13.0. The first-order valence-electron chi connectivity index (χ1n) is 5.99. The SMILES string of the molecule is CCCNC(=O)C(C)OC(=O)c1cc(F)ccc1N. The first-order chi connectivity index (χ1) is 8.95. The van der Waals surface area contributed by atoms with E-state index in [2.05, 4.69) is 5.32 Å². The van der Waals surface area contributed by atoms with E-state index in [-0.39, 0.29) is 11.3 Å². The summed E-state index contributed by atoms with van der Waals surface area (Å²) in [4.78, 5) is 23.3. The van der Waals surface area contributed by atoms with Crippen molar-refractivity contribution in [3.63, 3.8) is 0 Å². The Hall–Kier alpha value is -2.11. The lowest BCUT2D eigenvalue weighted by molar-refractivity contribution is -0.129. The molecule has 0 bridgehead atoms. The lowest BCUT2D eigenvalue weighted by Crippen LogP contribution is -2.36. The number of ether oxygens (including phenoxy) is 1. The zero-order chi connectivity index (χ0) is 14.4. The summed E-state index contributed by atoms with van der Waals surface area (Å²) in [6, 6.07) is 3.39. The van der Waals surface area contributed by atoms with Gasteiger partial charge in [0, 0.05) is 12.2 Å². The number of nitrogens with two attached hydrogens (primary N) is 1. The van der Waals surface area contributed by atoms with Crippen molar-refractivity contribution in [2.45, 2.75) is 26.4 Å². The fourth-order valence-corrected chi connectivity index (χ4v) is 1.37. The molecular formula is C13H17FN2O3. The highest BCUT2D eigenvalue weighted by Crippen LogP contribution is 2.15. The highest BCUT2D eigenvalue weighted by Gasteiger charge is 2.20. The number of amides is 1. The number of nitrogens with one attached hydrogen (secondary N) is 1. The van der Waals surface area contributed by atoms with Gasteiger partial charge in [-0.2, -0.15) is 0 Å². The maximum Gasteiger partial charge on any atom is 0.341 e. The van der Waals surface area contributed by atoms with Crippen molar-refractivity contribution in [2.24, 2.45) is 0 Å². The molecular weight excluding hydrogens is 251 g/mol. The van der Waals surface area contributed by atoms with Crippen LogP contribution in [0, 0.1) is 5.82 Å². The standard InChI is InChI=1S/C13H17FN2O3/c1-3-6-16-12(17)8(2)19-13(18)10-7-9(14)4-5-11(10)15/h4-5,7-8H,3,6,15H2,1-2H3,(H,16,17). The molecule has 0 aliphatic heterocycles. The second kappa shape index (κ2) is 6.72. The van der Waals surface area contributed by atoms with Crippen LogP contribution in [-0.2, 0) is 9.53 Å². The van der Waals surface area contributed by atoms with Crippen LogP contribution in [0.3, 0.4) is 0 Å². The lowest BCUT2D eigenvalue weighted by Gasteiger charge is -2.13. The quantitative estimate of drug-likeness (QED) is 0.626.